The van der Waals surface area contributed by atoms with Crippen LogP contribution in [0.15, 0.2) is 25.3 Å². The van der Waals surface area contributed by atoms with Crippen molar-refractivity contribution >= 4 is 40.9 Å². The molecule has 0 bridgehead atoms. The highest BCUT2D eigenvalue weighted by atomic mass is 32.2. The quantitative estimate of drug-likeness (QED) is 0.174. The molecule has 0 unspecified atom stereocenters. The van der Waals surface area contributed by atoms with E-state index in [2.05, 4.69) is 27.9 Å². The highest BCUT2D eigenvalue weighted by molar-refractivity contribution is 8.13. The van der Waals surface area contributed by atoms with E-state index >= 15 is 0 Å². The maximum atomic E-state index is 11.7. The van der Waals surface area contributed by atoms with Gasteiger partial charge in [0.15, 0.2) is 5.12 Å². The molecule has 29 heavy (non-hydrogen) atoms. The van der Waals surface area contributed by atoms with Crippen molar-refractivity contribution < 1.29 is 42.9 Å². The van der Waals surface area contributed by atoms with Crippen LogP contribution in [-0.4, -0.2) is 67.8 Å². The minimum absolute atomic E-state index is 0.0387. The molecule has 0 atom stereocenters. The lowest BCUT2D eigenvalue weighted by atomic mass is 10.3. The van der Waals surface area contributed by atoms with Gasteiger partial charge in [0.2, 0.25) is 0 Å². The Hall–Kier alpha value is -2.82. The van der Waals surface area contributed by atoms with E-state index in [1.807, 2.05) is 0 Å². The van der Waals surface area contributed by atoms with Gasteiger partial charge in [0.05, 0.1) is 0 Å². The monoisotopic (exact) mass is 431 g/mol. The molecule has 0 rings (SSSR count). The zero-order valence-corrected chi connectivity index (χ0v) is 16.8. The first-order chi connectivity index (χ1) is 13.9. The average molecular weight is 431 g/mol. The van der Waals surface area contributed by atoms with Gasteiger partial charge in [0.1, 0.15) is 26.4 Å². The van der Waals surface area contributed by atoms with E-state index in [0.717, 1.165) is 23.9 Å². The van der Waals surface area contributed by atoms with Crippen LogP contribution in [0.3, 0.4) is 0 Å². The van der Waals surface area contributed by atoms with Gasteiger partial charge in [-0.2, -0.15) is 0 Å². The Balaban J connectivity index is 3.57. The van der Waals surface area contributed by atoms with E-state index in [9.17, 15) is 24.0 Å². The molecule has 162 valence electrons. The first-order valence-electron chi connectivity index (χ1n) is 8.69. The van der Waals surface area contributed by atoms with E-state index in [1.54, 1.807) is 0 Å². The van der Waals surface area contributed by atoms with Gasteiger partial charge in [-0.15, -0.1) is 0 Å². The Morgan fingerprint density at radius 3 is 1.93 bits per heavy atom. The second-order valence-corrected chi connectivity index (χ2v) is 6.25. The van der Waals surface area contributed by atoms with Crippen molar-refractivity contribution in [2.24, 2.45) is 0 Å². The summed E-state index contributed by atoms with van der Waals surface area (Å²) in [5.74, 6) is -1.22. The molecule has 0 aliphatic rings. The molecule has 0 aromatic rings. The van der Waals surface area contributed by atoms with E-state index < -0.39 is 24.0 Å². The van der Waals surface area contributed by atoms with E-state index in [4.69, 9.17) is 9.47 Å². The average Bonchev–Trinajstić information content (AvgIpc) is 2.71. The molecule has 0 fully saturated rings. The Labute approximate surface area is 172 Å². The topological polar surface area (TPSA) is 134 Å². The third-order valence-electron chi connectivity index (χ3n) is 2.87. The molecule has 0 saturated carbocycles. The second-order valence-electron chi connectivity index (χ2n) is 5.10. The van der Waals surface area contributed by atoms with Crippen LogP contribution in [0.4, 0.5) is 4.79 Å². The number of thioether (sulfide) groups is 1. The third-order valence-corrected chi connectivity index (χ3v) is 3.89. The van der Waals surface area contributed by atoms with Crippen LogP contribution < -0.4 is 5.32 Å². The molecule has 0 aliphatic heterocycles. The van der Waals surface area contributed by atoms with Crippen molar-refractivity contribution in [1.29, 1.82) is 0 Å². The number of esters is 3. The fraction of sp³-hybridized carbons (Fsp3) is 0.500. The van der Waals surface area contributed by atoms with Gasteiger partial charge >= 0.3 is 24.0 Å². The molecule has 11 heteroatoms. The van der Waals surface area contributed by atoms with Gasteiger partial charge in [-0.1, -0.05) is 24.9 Å². The maximum Gasteiger partial charge on any atom is 0.407 e. The Morgan fingerprint density at radius 2 is 1.34 bits per heavy atom. The lowest BCUT2D eigenvalue weighted by molar-refractivity contribution is -0.149. The summed E-state index contributed by atoms with van der Waals surface area (Å²) in [4.78, 5) is 56.0. The van der Waals surface area contributed by atoms with Crippen LogP contribution in [0.1, 0.15) is 19.3 Å². The predicted octanol–water partition coefficient (Wildman–Crippen LogP) is 1.14. The molecule has 0 heterocycles. The van der Waals surface area contributed by atoms with E-state index in [-0.39, 0.29) is 50.9 Å². The Kier molecular flexibility index (Phi) is 15.6. The van der Waals surface area contributed by atoms with Gasteiger partial charge in [0, 0.05) is 37.3 Å². The number of hydrogen-bond donors (Lipinski definition) is 1. The normalized spacial score (nSPS) is 9.66. The molecule has 0 saturated heterocycles. The zero-order valence-electron chi connectivity index (χ0n) is 16.0. The van der Waals surface area contributed by atoms with Crippen LogP contribution in [0.25, 0.3) is 0 Å². The van der Waals surface area contributed by atoms with Crippen molar-refractivity contribution in [2.45, 2.75) is 19.3 Å². The fourth-order valence-electron chi connectivity index (χ4n) is 1.56. The Morgan fingerprint density at radius 1 is 0.793 bits per heavy atom. The number of nitrogens with one attached hydrogen (secondary N) is 1. The maximum absolute atomic E-state index is 11.7. The zero-order chi connectivity index (χ0) is 21.9. The summed E-state index contributed by atoms with van der Waals surface area (Å²) in [6.07, 6.45) is 1.97. The second kappa shape index (κ2) is 17.3. The van der Waals surface area contributed by atoms with Gasteiger partial charge in [-0.05, 0) is 6.42 Å². The molecule has 0 spiro atoms. The molecular weight excluding hydrogens is 406 g/mol. The van der Waals surface area contributed by atoms with Crippen molar-refractivity contribution in [2.75, 3.05) is 38.7 Å². The number of rotatable bonds is 15. The van der Waals surface area contributed by atoms with Crippen LogP contribution in [0.5, 0.6) is 0 Å². The lowest BCUT2D eigenvalue weighted by Gasteiger charge is -2.07. The molecule has 0 aromatic carbocycles. The van der Waals surface area contributed by atoms with E-state index in [1.165, 1.54) is 0 Å². The molecule has 0 aliphatic carbocycles. The summed E-state index contributed by atoms with van der Waals surface area (Å²) in [5, 5.41) is 2.25. The molecule has 0 aromatic heterocycles. The molecule has 1 N–H and O–H groups in total. The van der Waals surface area contributed by atoms with Crippen LogP contribution >= 0.6 is 11.8 Å². The first kappa shape index (κ1) is 26.2. The molecule has 0 radical (unpaired) electrons. The number of amides is 1. The largest absolute Gasteiger partial charge is 0.462 e. The third kappa shape index (κ3) is 17.0. The lowest BCUT2D eigenvalue weighted by Crippen LogP contribution is -2.27. The fourth-order valence-corrected chi connectivity index (χ4v) is 2.32. The number of hydrogen-bond acceptors (Lipinski definition) is 10. The predicted molar refractivity (Wildman–Crippen MR) is 104 cm³/mol. The van der Waals surface area contributed by atoms with Gasteiger partial charge in [-0.3, -0.25) is 9.59 Å². The summed E-state index contributed by atoms with van der Waals surface area (Å²) in [7, 11) is 0. The van der Waals surface area contributed by atoms with Gasteiger partial charge < -0.3 is 24.3 Å². The summed E-state index contributed by atoms with van der Waals surface area (Å²) in [5.41, 5.74) is 0. The van der Waals surface area contributed by atoms with Crippen molar-refractivity contribution in [1.82, 2.24) is 5.32 Å². The summed E-state index contributed by atoms with van der Waals surface area (Å²) in [6, 6.07) is 0. The highest BCUT2D eigenvalue weighted by Crippen LogP contribution is 2.08. The van der Waals surface area contributed by atoms with Crippen molar-refractivity contribution in [3.63, 3.8) is 0 Å². The van der Waals surface area contributed by atoms with Gasteiger partial charge in [-0.25, -0.2) is 14.4 Å². The number of carbonyl (C=O) groups excluding carboxylic acids is 5. The van der Waals surface area contributed by atoms with Crippen LogP contribution in [0, 0.1) is 0 Å². The number of ether oxygens (including phenoxy) is 4. The molecule has 1 amide bonds. The summed E-state index contributed by atoms with van der Waals surface area (Å²) in [6.45, 7) is 6.27. The highest BCUT2D eigenvalue weighted by Gasteiger charge is 2.08. The van der Waals surface area contributed by atoms with Crippen LogP contribution in [-0.2, 0) is 38.1 Å². The minimum Gasteiger partial charge on any atom is -0.462 e. The van der Waals surface area contributed by atoms with E-state index in [0.29, 0.717) is 12.2 Å². The van der Waals surface area contributed by atoms with Crippen LogP contribution in [0.2, 0.25) is 0 Å². The number of carbonyl (C=O) groups is 5. The minimum atomic E-state index is -0.723. The number of alkyl carbamates (subject to hydrolysis) is 1. The van der Waals surface area contributed by atoms with Crippen molar-refractivity contribution in [3.8, 4) is 0 Å². The van der Waals surface area contributed by atoms with Gasteiger partial charge in [0.25, 0.3) is 0 Å². The Bertz CT molecular complexity index is 592. The summed E-state index contributed by atoms with van der Waals surface area (Å²) < 4.78 is 18.9. The molecular formula is C18H25NO9S. The SMILES string of the molecule is C=CC(=O)OCCOC(=O)CCCSC(=O)CCNC(=O)OCCOC(=O)C=C. The molecule has 10 nitrogen and oxygen atoms in total. The van der Waals surface area contributed by atoms with Crippen molar-refractivity contribution in [3.05, 3.63) is 25.3 Å². The first-order valence-corrected chi connectivity index (χ1v) is 9.67. The smallest absolute Gasteiger partial charge is 0.407 e. The summed E-state index contributed by atoms with van der Waals surface area (Å²) >= 11 is 1.05. The standard InChI is InChI=1S/C18H25NO9S/c1-3-14(20)25-9-10-27-16(22)6-5-13-29-17(23)7-8-19-18(24)28-12-11-26-15(21)4-2/h3-4H,1-2,5-13H2,(H,19,24).